The summed E-state index contributed by atoms with van der Waals surface area (Å²) in [5.74, 6) is 0.472. The fourth-order valence-electron chi connectivity index (χ4n) is 1.26. The lowest BCUT2D eigenvalue weighted by atomic mass is 10.0. The molecule has 3 heteroatoms. The van der Waals surface area contributed by atoms with Gasteiger partial charge < -0.3 is 5.73 Å². The normalized spacial score (nSPS) is 10.6. The Bertz CT molecular complexity index is 347. The Morgan fingerprint density at radius 2 is 2.14 bits per heavy atom. The van der Waals surface area contributed by atoms with Crippen LogP contribution in [0.2, 0.25) is 0 Å². The van der Waals surface area contributed by atoms with Crippen molar-refractivity contribution in [3.8, 4) is 0 Å². The van der Waals surface area contributed by atoms with Crippen molar-refractivity contribution in [3.05, 3.63) is 28.2 Å². The molecular weight excluding hydrogens is 242 g/mol. The summed E-state index contributed by atoms with van der Waals surface area (Å²) in [5, 5.41) is 0. The Labute approximate surface area is 92.6 Å². The van der Waals surface area contributed by atoms with E-state index in [1.54, 1.807) is 6.07 Å². The third-order valence-corrected chi connectivity index (χ3v) is 2.64. The number of anilines is 1. The van der Waals surface area contributed by atoms with E-state index in [0.29, 0.717) is 23.6 Å². The van der Waals surface area contributed by atoms with Gasteiger partial charge in [-0.3, -0.25) is 4.79 Å². The van der Waals surface area contributed by atoms with E-state index in [1.165, 1.54) is 0 Å². The second-order valence-corrected chi connectivity index (χ2v) is 4.58. The summed E-state index contributed by atoms with van der Waals surface area (Å²) >= 11 is 3.30. The number of carbonyl (C=O) groups is 1. The number of hydrogen-bond donors (Lipinski definition) is 1. The summed E-state index contributed by atoms with van der Waals surface area (Å²) in [5.41, 5.74) is 6.95. The molecule has 1 aromatic rings. The SMILES string of the molecule is CC(C)CC(=O)c1cccc(Br)c1N. The number of rotatable bonds is 3. The van der Waals surface area contributed by atoms with Gasteiger partial charge in [0.25, 0.3) is 0 Å². The molecule has 0 aromatic heterocycles. The van der Waals surface area contributed by atoms with E-state index in [9.17, 15) is 4.79 Å². The fourth-order valence-corrected chi connectivity index (χ4v) is 1.63. The third kappa shape index (κ3) is 2.58. The Morgan fingerprint density at radius 3 is 2.71 bits per heavy atom. The van der Waals surface area contributed by atoms with Gasteiger partial charge in [0.05, 0.1) is 5.69 Å². The molecule has 0 unspecified atom stereocenters. The third-order valence-electron chi connectivity index (χ3n) is 1.95. The van der Waals surface area contributed by atoms with Crippen LogP contribution in [-0.2, 0) is 0 Å². The van der Waals surface area contributed by atoms with Crippen LogP contribution < -0.4 is 5.73 Å². The van der Waals surface area contributed by atoms with Gasteiger partial charge >= 0.3 is 0 Å². The van der Waals surface area contributed by atoms with Gasteiger partial charge in [0.2, 0.25) is 0 Å². The fraction of sp³-hybridized carbons (Fsp3) is 0.364. The lowest BCUT2D eigenvalue weighted by Gasteiger charge is -2.07. The number of nitrogens with two attached hydrogens (primary N) is 1. The van der Waals surface area contributed by atoms with Crippen molar-refractivity contribution >= 4 is 27.4 Å². The molecule has 2 nitrogen and oxygen atoms in total. The molecule has 1 aromatic carbocycles. The molecule has 2 N–H and O–H groups in total. The zero-order valence-corrected chi connectivity index (χ0v) is 9.97. The molecule has 14 heavy (non-hydrogen) atoms. The average molecular weight is 256 g/mol. The van der Waals surface area contributed by atoms with Crippen molar-refractivity contribution in [3.63, 3.8) is 0 Å². The zero-order chi connectivity index (χ0) is 10.7. The van der Waals surface area contributed by atoms with Crippen LogP contribution in [0.3, 0.4) is 0 Å². The van der Waals surface area contributed by atoms with Crippen LogP contribution in [0, 0.1) is 5.92 Å². The minimum Gasteiger partial charge on any atom is -0.397 e. The number of halogens is 1. The van der Waals surface area contributed by atoms with Gasteiger partial charge in [0, 0.05) is 16.5 Å². The molecule has 0 saturated carbocycles. The van der Waals surface area contributed by atoms with Crippen LogP contribution in [-0.4, -0.2) is 5.78 Å². The topological polar surface area (TPSA) is 43.1 Å². The zero-order valence-electron chi connectivity index (χ0n) is 8.38. The lowest BCUT2D eigenvalue weighted by Crippen LogP contribution is -2.07. The van der Waals surface area contributed by atoms with E-state index in [-0.39, 0.29) is 5.78 Å². The predicted octanol–water partition coefficient (Wildman–Crippen LogP) is 3.26. The smallest absolute Gasteiger partial charge is 0.165 e. The highest BCUT2D eigenvalue weighted by Gasteiger charge is 2.12. The number of hydrogen-bond acceptors (Lipinski definition) is 2. The number of carbonyl (C=O) groups excluding carboxylic acids is 1. The van der Waals surface area contributed by atoms with Crippen LogP contribution in [0.4, 0.5) is 5.69 Å². The summed E-state index contributed by atoms with van der Waals surface area (Å²) in [4.78, 5) is 11.7. The van der Waals surface area contributed by atoms with Crippen molar-refractivity contribution in [2.75, 3.05) is 5.73 Å². The summed E-state index contributed by atoms with van der Waals surface area (Å²) in [7, 11) is 0. The Morgan fingerprint density at radius 1 is 1.50 bits per heavy atom. The van der Waals surface area contributed by atoms with Crippen LogP contribution in [0.1, 0.15) is 30.6 Å². The standard InChI is InChI=1S/C11H14BrNO/c1-7(2)6-10(14)8-4-3-5-9(12)11(8)13/h3-5,7H,6,13H2,1-2H3. The van der Waals surface area contributed by atoms with Gasteiger partial charge in [-0.05, 0) is 34.0 Å². The molecule has 0 aliphatic carbocycles. The van der Waals surface area contributed by atoms with Gasteiger partial charge in [-0.2, -0.15) is 0 Å². The molecule has 76 valence electrons. The highest BCUT2D eigenvalue weighted by atomic mass is 79.9. The summed E-state index contributed by atoms with van der Waals surface area (Å²) in [6, 6.07) is 5.43. The molecule has 0 atom stereocenters. The van der Waals surface area contributed by atoms with Crippen molar-refractivity contribution in [2.24, 2.45) is 5.92 Å². The molecule has 0 bridgehead atoms. The molecule has 0 spiro atoms. The first-order valence-corrected chi connectivity index (χ1v) is 5.39. The Balaban J connectivity index is 2.96. The van der Waals surface area contributed by atoms with Gasteiger partial charge in [0.1, 0.15) is 0 Å². The van der Waals surface area contributed by atoms with Gasteiger partial charge in [-0.25, -0.2) is 0 Å². The molecule has 0 fully saturated rings. The van der Waals surface area contributed by atoms with Crippen molar-refractivity contribution in [1.29, 1.82) is 0 Å². The van der Waals surface area contributed by atoms with E-state index in [1.807, 2.05) is 26.0 Å². The minimum absolute atomic E-state index is 0.110. The first-order chi connectivity index (χ1) is 6.52. The minimum atomic E-state index is 0.110. The average Bonchev–Trinajstić information content (AvgIpc) is 2.08. The van der Waals surface area contributed by atoms with Crippen LogP contribution in [0.15, 0.2) is 22.7 Å². The number of nitrogen functional groups attached to an aromatic ring is 1. The monoisotopic (exact) mass is 255 g/mol. The molecule has 1 rings (SSSR count). The maximum absolute atomic E-state index is 11.7. The molecule has 0 radical (unpaired) electrons. The molecule has 0 saturated heterocycles. The number of para-hydroxylation sites is 1. The first-order valence-electron chi connectivity index (χ1n) is 4.59. The largest absolute Gasteiger partial charge is 0.397 e. The van der Waals surface area contributed by atoms with E-state index in [2.05, 4.69) is 15.9 Å². The highest BCUT2D eigenvalue weighted by molar-refractivity contribution is 9.10. The van der Waals surface area contributed by atoms with Crippen LogP contribution >= 0.6 is 15.9 Å². The van der Waals surface area contributed by atoms with E-state index >= 15 is 0 Å². The van der Waals surface area contributed by atoms with Crippen LogP contribution in [0.5, 0.6) is 0 Å². The quantitative estimate of drug-likeness (QED) is 0.666. The van der Waals surface area contributed by atoms with Gasteiger partial charge in [-0.15, -0.1) is 0 Å². The second kappa shape index (κ2) is 4.60. The summed E-state index contributed by atoms with van der Waals surface area (Å²) < 4.78 is 0.784. The Kier molecular flexibility index (Phi) is 3.69. The van der Waals surface area contributed by atoms with E-state index in [0.717, 1.165) is 4.47 Å². The van der Waals surface area contributed by atoms with Gasteiger partial charge in [0.15, 0.2) is 5.78 Å². The number of Topliss-reactive ketones (excluding diaryl/α,β-unsaturated/α-hetero) is 1. The molecule has 0 aliphatic heterocycles. The Hall–Kier alpha value is -0.830. The molecular formula is C11H14BrNO. The molecule has 0 heterocycles. The summed E-state index contributed by atoms with van der Waals surface area (Å²) in [6.45, 7) is 4.04. The van der Waals surface area contributed by atoms with Crippen molar-refractivity contribution in [2.45, 2.75) is 20.3 Å². The second-order valence-electron chi connectivity index (χ2n) is 3.72. The predicted molar refractivity (Wildman–Crippen MR) is 62.3 cm³/mol. The van der Waals surface area contributed by atoms with Crippen molar-refractivity contribution < 1.29 is 4.79 Å². The molecule has 0 aliphatic rings. The molecule has 0 amide bonds. The van der Waals surface area contributed by atoms with Gasteiger partial charge in [-0.1, -0.05) is 19.9 Å². The summed E-state index contributed by atoms with van der Waals surface area (Å²) in [6.07, 6.45) is 0.542. The lowest BCUT2D eigenvalue weighted by molar-refractivity contribution is 0.0968. The van der Waals surface area contributed by atoms with Crippen molar-refractivity contribution in [1.82, 2.24) is 0 Å². The number of benzene rings is 1. The highest BCUT2D eigenvalue weighted by Crippen LogP contribution is 2.24. The van der Waals surface area contributed by atoms with Crippen LogP contribution in [0.25, 0.3) is 0 Å². The van der Waals surface area contributed by atoms with E-state index < -0.39 is 0 Å². The maximum atomic E-state index is 11.7. The number of ketones is 1. The first kappa shape index (κ1) is 11.2. The maximum Gasteiger partial charge on any atom is 0.165 e. The van der Waals surface area contributed by atoms with E-state index in [4.69, 9.17) is 5.73 Å².